The van der Waals surface area contributed by atoms with Gasteiger partial charge in [0.1, 0.15) is 17.6 Å². The first-order valence-corrected chi connectivity index (χ1v) is 7.27. The number of thiophene rings is 1. The van der Waals surface area contributed by atoms with Gasteiger partial charge in [0.2, 0.25) is 0 Å². The van der Waals surface area contributed by atoms with E-state index in [1.807, 2.05) is 13.0 Å². The molecule has 0 radical (unpaired) electrons. The Morgan fingerprint density at radius 1 is 1.40 bits per heavy atom. The van der Waals surface area contributed by atoms with Crippen LogP contribution in [0.5, 0.6) is 0 Å². The minimum absolute atomic E-state index is 0.119. The van der Waals surface area contributed by atoms with Crippen LogP contribution in [0.4, 0.5) is 0 Å². The summed E-state index contributed by atoms with van der Waals surface area (Å²) in [4.78, 5) is 14.5. The van der Waals surface area contributed by atoms with Crippen molar-refractivity contribution in [2.75, 3.05) is 13.7 Å². The molecular weight excluding hydrogens is 274 g/mol. The summed E-state index contributed by atoms with van der Waals surface area (Å²) < 4.78 is 10.8. The summed E-state index contributed by atoms with van der Waals surface area (Å²) in [5.74, 6) is 1.25. The lowest BCUT2D eigenvalue weighted by Gasteiger charge is -2.14. The summed E-state index contributed by atoms with van der Waals surface area (Å²) in [7, 11) is 1.65. The fraction of sp³-hybridized carbons (Fsp3) is 0.400. The molecule has 0 aromatic carbocycles. The molecule has 1 atom stereocenters. The molecule has 0 fully saturated rings. The maximum absolute atomic E-state index is 12.1. The Bertz CT molecular complexity index is 600. The Morgan fingerprint density at radius 2 is 2.15 bits per heavy atom. The molecule has 5 heteroatoms. The van der Waals surface area contributed by atoms with E-state index >= 15 is 0 Å². The lowest BCUT2D eigenvalue weighted by molar-refractivity contribution is 0.0836. The Hall–Kier alpha value is -1.59. The summed E-state index contributed by atoms with van der Waals surface area (Å²) in [6.07, 6.45) is -0.119. The van der Waals surface area contributed by atoms with Gasteiger partial charge >= 0.3 is 0 Å². The Balaban J connectivity index is 2.00. The average molecular weight is 293 g/mol. The van der Waals surface area contributed by atoms with Gasteiger partial charge in [-0.2, -0.15) is 0 Å². The van der Waals surface area contributed by atoms with Crippen LogP contribution in [0.3, 0.4) is 0 Å². The Morgan fingerprint density at radius 3 is 2.65 bits per heavy atom. The van der Waals surface area contributed by atoms with Crippen molar-refractivity contribution in [3.05, 3.63) is 45.0 Å². The molecule has 0 aliphatic heterocycles. The second kappa shape index (κ2) is 6.24. The van der Waals surface area contributed by atoms with Crippen molar-refractivity contribution in [2.24, 2.45) is 0 Å². The molecule has 2 aromatic heterocycles. The van der Waals surface area contributed by atoms with Crippen molar-refractivity contribution in [1.29, 1.82) is 0 Å². The van der Waals surface area contributed by atoms with Gasteiger partial charge < -0.3 is 14.5 Å². The predicted octanol–water partition coefficient (Wildman–Crippen LogP) is 3.38. The smallest absolute Gasteiger partial charge is 0.254 e. The van der Waals surface area contributed by atoms with E-state index in [-0.39, 0.29) is 12.0 Å². The second-order valence-corrected chi connectivity index (χ2v) is 6.03. The van der Waals surface area contributed by atoms with Crippen LogP contribution in [0, 0.1) is 20.8 Å². The van der Waals surface area contributed by atoms with Crippen LogP contribution in [0.1, 0.15) is 37.7 Å². The number of aryl methyl sites for hydroxylation is 3. The number of hydrogen-bond donors (Lipinski definition) is 1. The summed E-state index contributed by atoms with van der Waals surface area (Å²) in [5, 5.41) is 2.89. The maximum Gasteiger partial charge on any atom is 0.254 e. The van der Waals surface area contributed by atoms with Crippen molar-refractivity contribution >= 4 is 17.2 Å². The number of furan rings is 1. The van der Waals surface area contributed by atoms with Gasteiger partial charge in [-0.3, -0.25) is 4.79 Å². The van der Waals surface area contributed by atoms with Gasteiger partial charge in [-0.1, -0.05) is 0 Å². The van der Waals surface area contributed by atoms with Crippen molar-refractivity contribution in [3.63, 3.8) is 0 Å². The molecule has 20 heavy (non-hydrogen) atoms. The van der Waals surface area contributed by atoms with Gasteiger partial charge in [0, 0.05) is 23.4 Å². The minimum atomic E-state index is -0.130. The van der Waals surface area contributed by atoms with E-state index in [0.717, 1.165) is 10.6 Å². The number of methoxy groups -OCH3 is 1. The first-order valence-electron chi connectivity index (χ1n) is 6.45. The van der Waals surface area contributed by atoms with Gasteiger partial charge in [-0.25, -0.2) is 0 Å². The largest absolute Gasteiger partial charge is 0.466 e. The lowest BCUT2D eigenvalue weighted by Crippen LogP contribution is -2.29. The lowest BCUT2D eigenvalue weighted by atomic mass is 10.2. The van der Waals surface area contributed by atoms with E-state index in [4.69, 9.17) is 9.15 Å². The maximum atomic E-state index is 12.1. The van der Waals surface area contributed by atoms with E-state index < -0.39 is 0 Å². The highest BCUT2D eigenvalue weighted by Crippen LogP contribution is 2.24. The molecule has 1 amide bonds. The SMILES string of the molecule is CO[C@H](CNC(=O)c1cc(C)oc1C)c1ccc(C)s1. The summed E-state index contributed by atoms with van der Waals surface area (Å²) in [6.45, 7) is 6.12. The van der Waals surface area contributed by atoms with Crippen LogP contribution in [0.15, 0.2) is 22.6 Å². The van der Waals surface area contributed by atoms with Crippen molar-refractivity contribution < 1.29 is 13.9 Å². The summed E-state index contributed by atoms with van der Waals surface area (Å²) in [6, 6.07) is 5.84. The van der Waals surface area contributed by atoms with Gasteiger partial charge in [0.15, 0.2) is 0 Å². The number of carbonyl (C=O) groups excluding carboxylic acids is 1. The Kier molecular flexibility index (Phi) is 4.62. The number of carbonyl (C=O) groups is 1. The summed E-state index contributed by atoms with van der Waals surface area (Å²) >= 11 is 1.68. The zero-order valence-electron chi connectivity index (χ0n) is 12.1. The van der Waals surface area contributed by atoms with Gasteiger partial charge in [-0.05, 0) is 39.0 Å². The Labute approximate surface area is 122 Å². The van der Waals surface area contributed by atoms with Gasteiger partial charge in [-0.15, -0.1) is 11.3 Å². The van der Waals surface area contributed by atoms with Crippen LogP contribution in [0.2, 0.25) is 0 Å². The van der Waals surface area contributed by atoms with Crippen LogP contribution >= 0.6 is 11.3 Å². The number of hydrogen-bond acceptors (Lipinski definition) is 4. The number of nitrogens with one attached hydrogen (secondary N) is 1. The normalized spacial score (nSPS) is 12.4. The van der Waals surface area contributed by atoms with E-state index in [1.165, 1.54) is 4.88 Å². The first-order chi connectivity index (χ1) is 9.51. The van der Waals surface area contributed by atoms with Gasteiger partial charge in [0.05, 0.1) is 5.56 Å². The number of ether oxygens (including phenoxy) is 1. The predicted molar refractivity (Wildman–Crippen MR) is 79.3 cm³/mol. The van der Waals surface area contributed by atoms with Crippen molar-refractivity contribution in [2.45, 2.75) is 26.9 Å². The van der Waals surface area contributed by atoms with Crippen LogP contribution in [-0.2, 0) is 4.74 Å². The van der Waals surface area contributed by atoms with E-state index in [9.17, 15) is 4.79 Å². The molecule has 4 nitrogen and oxygen atoms in total. The molecule has 1 N–H and O–H groups in total. The fourth-order valence-electron chi connectivity index (χ4n) is 2.06. The fourth-order valence-corrected chi connectivity index (χ4v) is 3.02. The van der Waals surface area contributed by atoms with Crippen LogP contribution < -0.4 is 5.32 Å². The first kappa shape index (κ1) is 14.8. The molecule has 2 aromatic rings. The third kappa shape index (κ3) is 3.29. The van der Waals surface area contributed by atoms with Crippen molar-refractivity contribution in [3.8, 4) is 0 Å². The molecule has 2 rings (SSSR count). The monoisotopic (exact) mass is 293 g/mol. The van der Waals surface area contributed by atoms with Crippen LogP contribution in [0.25, 0.3) is 0 Å². The molecular formula is C15H19NO3S. The number of amides is 1. The van der Waals surface area contributed by atoms with Crippen molar-refractivity contribution in [1.82, 2.24) is 5.32 Å². The molecule has 0 aliphatic carbocycles. The zero-order chi connectivity index (χ0) is 14.7. The highest BCUT2D eigenvalue weighted by Gasteiger charge is 2.17. The van der Waals surface area contributed by atoms with E-state index in [0.29, 0.717) is 17.9 Å². The zero-order valence-corrected chi connectivity index (χ0v) is 13.0. The van der Waals surface area contributed by atoms with E-state index in [2.05, 4.69) is 18.3 Å². The third-order valence-corrected chi connectivity index (χ3v) is 4.19. The molecule has 2 heterocycles. The quantitative estimate of drug-likeness (QED) is 0.919. The minimum Gasteiger partial charge on any atom is -0.466 e. The molecule has 0 saturated heterocycles. The second-order valence-electron chi connectivity index (χ2n) is 4.71. The third-order valence-electron chi connectivity index (χ3n) is 3.10. The van der Waals surface area contributed by atoms with Crippen LogP contribution in [-0.4, -0.2) is 19.6 Å². The average Bonchev–Trinajstić information content (AvgIpc) is 2.96. The molecule has 0 spiro atoms. The highest BCUT2D eigenvalue weighted by atomic mass is 32.1. The highest BCUT2D eigenvalue weighted by molar-refractivity contribution is 7.12. The molecule has 0 saturated carbocycles. The molecule has 0 bridgehead atoms. The topological polar surface area (TPSA) is 51.5 Å². The molecule has 108 valence electrons. The molecule has 0 unspecified atom stereocenters. The summed E-state index contributed by atoms with van der Waals surface area (Å²) in [5.41, 5.74) is 0.583. The van der Waals surface area contributed by atoms with E-state index in [1.54, 1.807) is 31.4 Å². The van der Waals surface area contributed by atoms with Gasteiger partial charge in [0.25, 0.3) is 5.91 Å². The number of rotatable bonds is 5. The molecule has 0 aliphatic rings. The standard InChI is InChI=1S/C15H19NO3S/c1-9-7-12(11(3)19-9)15(17)16-8-13(18-4)14-6-5-10(2)20-14/h5-7,13H,8H2,1-4H3,(H,16,17)/t13-/m1/s1.